The van der Waals surface area contributed by atoms with E-state index in [1.807, 2.05) is 65.8 Å². The Hall–Kier alpha value is -3.17. The van der Waals surface area contributed by atoms with Crippen LogP contribution in [-0.4, -0.2) is 88.3 Å². The first-order valence-electron chi connectivity index (χ1n) is 17.1. The van der Waals surface area contributed by atoms with Gasteiger partial charge in [0.25, 0.3) is 0 Å². The van der Waals surface area contributed by atoms with E-state index >= 15 is 0 Å². The lowest BCUT2D eigenvalue weighted by molar-refractivity contribution is -0.157. The lowest BCUT2D eigenvalue weighted by atomic mass is 9.62. The minimum atomic E-state index is -1.21. The molecule has 0 saturated carbocycles. The third kappa shape index (κ3) is 6.01. The minimum absolute atomic E-state index is 0.0904. The van der Waals surface area contributed by atoms with Gasteiger partial charge in [-0.15, -0.1) is 13.2 Å². The molecule has 46 heavy (non-hydrogen) atoms. The third-order valence-electron chi connectivity index (χ3n) is 10.5. The van der Waals surface area contributed by atoms with Crippen LogP contribution in [0.5, 0.6) is 5.75 Å². The van der Waals surface area contributed by atoms with Crippen LogP contribution in [0.2, 0.25) is 0 Å². The van der Waals surface area contributed by atoms with E-state index in [9.17, 15) is 19.5 Å². The van der Waals surface area contributed by atoms with Crippen LogP contribution >= 0.6 is 0 Å². The Labute approximate surface area is 275 Å². The Balaban J connectivity index is 1.86. The van der Waals surface area contributed by atoms with Crippen LogP contribution in [0, 0.1) is 23.7 Å². The highest BCUT2D eigenvalue weighted by molar-refractivity contribution is 6.03. The Morgan fingerprint density at radius 3 is 2.33 bits per heavy atom. The maximum Gasteiger partial charge on any atom is 0.248 e. The van der Waals surface area contributed by atoms with Gasteiger partial charge in [-0.05, 0) is 76.1 Å². The molecule has 3 fully saturated rings. The van der Waals surface area contributed by atoms with Gasteiger partial charge in [-0.3, -0.25) is 14.4 Å². The van der Waals surface area contributed by atoms with E-state index in [-0.39, 0.29) is 48.8 Å². The van der Waals surface area contributed by atoms with Gasteiger partial charge in [0.05, 0.1) is 36.7 Å². The summed E-state index contributed by atoms with van der Waals surface area (Å²) in [4.78, 5) is 49.6. The van der Waals surface area contributed by atoms with Crippen LogP contribution in [-0.2, 0) is 19.1 Å². The average Bonchev–Trinajstić information content (AvgIpc) is 3.53. The molecular weight excluding hydrogens is 582 g/mol. The maximum absolute atomic E-state index is 14.9. The molecule has 4 rings (SSSR count). The molecule has 2 bridgehead atoms. The first kappa shape index (κ1) is 35.7. The molecule has 0 radical (unpaired) electrons. The average molecular weight is 638 g/mol. The number of hydrogen-bond acceptors (Lipinski definition) is 6. The summed E-state index contributed by atoms with van der Waals surface area (Å²) in [6.45, 7) is 22.7. The van der Waals surface area contributed by atoms with Crippen molar-refractivity contribution in [3.05, 3.63) is 49.6 Å². The Kier molecular flexibility index (Phi) is 11.1. The molecule has 4 unspecified atom stereocenters. The number of ether oxygens (including phenoxy) is 2. The number of fused-ring (bicyclic) bond motifs is 1. The molecule has 1 aromatic rings. The van der Waals surface area contributed by atoms with Crippen LogP contribution < -0.4 is 9.64 Å². The van der Waals surface area contributed by atoms with Gasteiger partial charge in [0.2, 0.25) is 17.7 Å². The fourth-order valence-electron chi connectivity index (χ4n) is 8.41. The van der Waals surface area contributed by atoms with Gasteiger partial charge in [0.1, 0.15) is 17.4 Å². The fraction of sp³-hybridized carbons (Fsp3) is 0.649. The Morgan fingerprint density at radius 1 is 1.13 bits per heavy atom. The monoisotopic (exact) mass is 637 g/mol. The van der Waals surface area contributed by atoms with Gasteiger partial charge < -0.3 is 29.3 Å². The first-order chi connectivity index (χ1) is 21.9. The topological polar surface area (TPSA) is 99.6 Å². The van der Waals surface area contributed by atoms with E-state index in [0.29, 0.717) is 37.4 Å². The predicted octanol–water partition coefficient (Wildman–Crippen LogP) is 5.23. The van der Waals surface area contributed by atoms with Crippen molar-refractivity contribution in [1.29, 1.82) is 0 Å². The number of anilines is 1. The van der Waals surface area contributed by atoms with Crippen molar-refractivity contribution in [3.8, 4) is 5.75 Å². The van der Waals surface area contributed by atoms with Crippen LogP contribution in [0.15, 0.2) is 49.6 Å². The number of likely N-dealkylation sites (tertiary alicyclic amines) is 1. The molecule has 3 heterocycles. The number of hydrogen-bond donors (Lipinski definition) is 1. The molecule has 3 aliphatic rings. The number of carbonyl (C=O) groups excluding carboxylic acids is 3. The first-order valence-corrected chi connectivity index (χ1v) is 17.1. The molecule has 8 atom stereocenters. The third-order valence-corrected chi connectivity index (χ3v) is 10.5. The maximum atomic E-state index is 14.9. The van der Waals surface area contributed by atoms with Crippen molar-refractivity contribution in [3.63, 3.8) is 0 Å². The summed E-state index contributed by atoms with van der Waals surface area (Å²) in [7, 11) is 0. The van der Waals surface area contributed by atoms with Crippen molar-refractivity contribution in [1.82, 2.24) is 9.80 Å². The molecular formula is C37H55N3O6. The molecule has 0 aliphatic carbocycles. The van der Waals surface area contributed by atoms with Crippen molar-refractivity contribution >= 4 is 23.4 Å². The summed E-state index contributed by atoms with van der Waals surface area (Å²) in [5, 5.41) is 10.7. The summed E-state index contributed by atoms with van der Waals surface area (Å²) in [6.07, 6.45) is 6.05. The quantitative estimate of drug-likeness (QED) is 0.250. The van der Waals surface area contributed by atoms with Crippen LogP contribution in [0.3, 0.4) is 0 Å². The summed E-state index contributed by atoms with van der Waals surface area (Å²) >= 11 is 0. The molecule has 1 spiro atoms. The zero-order valence-electron chi connectivity index (χ0n) is 28.9. The molecule has 1 aromatic carbocycles. The standard InChI is InChI=1S/C37H55N3O6/c1-10-14-26(8)38(19-11-2)35(44)32-37-22-25(7)36(9,46-37)30(31(37)34(43)40(32)28(23-41)21-24(5)6)33(42)39(20-12-3)27-15-17-29(18-16-27)45-13-4/h11-12,15-18,24-26,28,30-32,41H,2-3,10,13-14,19-23H2,1,4-9H3/t25?,26?,28-,30-,31+,32?,36+,37?/m1/s1. The molecule has 3 aliphatic heterocycles. The van der Waals surface area contributed by atoms with Gasteiger partial charge in [-0.25, -0.2) is 0 Å². The number of aliphatic hydroxyl groups excluding tert-OH is 1. The van der Waals surface area contributed by atoms with Crippen LogP contribution in [0.4, 0.5) is 5.69 Å². The van der Waals surface area contributed by atoms with E-state index in [4.69, 9.17) is 9.47 Å². The molecule has 3 amide bonds. The SMILES string of the molecule is C=CCN(C(=O)[C@H]1[C@H]2C(=O)N([C@@H](CO)CC(C)C)C(C(=O)N(CC=C)C(C)CCC)C23CC(C)[C@]1(C)O3)c1ccc(OCC)cc1. The summed E-state index contributed by atoms with van der Waals surface area (Å²) in [5.41, 5.74) is -1.52. The molecule has 1 N–H and O–H groups in total. The van der Waals surface area contributed by atoms with Gasteiger partial charge in [0, 0.05) is 24.8 Å². The van der Waals surface area contributed by atoms with E-state index in [0.717, 1.165) is 12.8 Å². The van der Waals surface area contributed by atoms with E-state index in [2.05, 4.69) is 20.1 Å². The van der Waals surface area contributed by atoms with E-state index in [1.54, 1.807) is 26.9 Å². The number of aliphatic hydroxyl groups is 1. The number of benzene rings is 1. The highest BCUT2D eigenvalue weighted by Crippen LogP contribution is 2.66. The second-order valence-corrected chi connectivity index (χ2v) is 14.0. The van der Waals surface area contributed by atoms with E-state index in [1.165, 1.54) is 0 Å². The zero-order valence-corrected chi connectivity index (χ0v) is 28.9. The fourth-order valence-corrected chi connectivity index (χ4v) is 8.41. The number of amides is 3. The summed E-state index contributed by atoms with van der Waals surface area (Å²) in [5.74, 6) is -1.70. The van der Waals surface area contributed by atoms with Crippen molar-refractivity contribution < 1.29 is 29.0 Å². The second-order valence-electron chi connectivity index (χ2n) is 14.0. The molecule has 3 saturated heterocycles. The lowest BCUT2D eigenvalue weighted by Gasteiger charge is -2.41. The highest BCUT2D eigenvalue weighted by Gasteiger charge is 2.80. The van der Waals surface area contributed by atoms with Crippen molar-refractivity contribution in [2.75, 3.05) is 31.2 Å². The van der Waals surface area contributed by atoms with Gasteiger partial charge >= 0.3 is 0 Å². The van der Waals surface area contributed by atoms with E-state index < -0.39 is 35.1 Å². The minimum Gasteiger partial charge on any atom is -0.494 e. The van der Waals surface area contributed by atoms with Gasteiger partial charge in [0.15, 0.2) is 0 Å². The summed E-state index contributed by atoms with van der Waals surface area (Å²) < 4.78 is 12.6. The largest absolute Gasteiger partial charge is 0.494 e. The molecule has 9 heteroatoms. The Morgan fingerprint density at radius 2 is 1.78 bits per heavy atom. The number of rotatable bonds is 16. The van der Waals surface area contributed by atoms with Crippen LogP contribution in [0.25, 0.3) is 0 Å². The smallest absolute Gasteiger partial charge is 0.248 e. The zero-order chi connectivity index (χ0) is 34.0. The molecule has 254 valence electrons. The highest BCUT2D eigenvalue weighted by atomic mass is 16.5. The van der Waals surface area contributed by atoms with Gasteiger partial charge in [-0.1, -0.05) is 46.3 Å². The predicted molar refractivity (Wildman–Crippen MR) is 180 cm³/mol. The van der Waals surface area contributed by atoms with Crippen molar-refractivity contribution in [2.45, 2.75) is 103 Å². The number of carbonyl (C=O) groups is 3. The molecule has 0 aromatic heterocycles. The van der Waals surface area contributed by atoms with Crippen LogP contribution in [0.1, 0.15) is 74.1 Å². The number of nitrogens with zero attached hydrogens (tertiary/aromatic N) is 3. The van der Waals surface area contributed by atoms with Crippen molar-refractivity contribution in [2.24, 2.45) is 23.7 Å². The van der Waals surface area contributed by atoms with Gasteiger partial charge in [-0.2, -0.15) is 0 Å². The summed E-state index contributed by atoms with van der Waals surface area (Å²) in [6, 6.07) is 5.67. The Bertz CT molecular complexity index is 1280. The second kappa shape index (κ2) is 14.3. The normalized spacial score (nSPS) is 29.4. The lowest BCUT2D eigenvalue weighted by Crippen LogP contribution is -2.60. The molecule has 9 nitrogen and oxygen atoms in total.